The molecule has 0 aliphatic heterocycles. The summed E-state index contributed by atoms with van der Waals surface area (Å²) in [5, 5.41) is 0. The third-order valence-corrected chi connectivity index (χ3v) is 6.33. The molecule has 0 saturated carbocycles. The van der Waals surface area contributed by atoms with Crippen LogP contribution in [0.4, 0.5) is 5.69 Å². The van der Waals surface area contributed by atoms with Crippen LogP contribution in [-0.4, -0.2) is 13.4 Å². The van der Waals surface area contributed by atoms with E-state index in [4.69, 9.17) is 0 Å². The molecule has 2 aromatic rings. The molecule has 0 amide bonds. The molecule has 0 atom stereocenters. The van der Waals surface area contributed by atoms with E-state index in [1.165, 1.54) is 10.5 Å². The van der Waals surface area contributed by atoms with Crippen LogP contribution in [0.1, 0.15) is 11.1 Å². The second-order valence-electron chi connectivity index (χ2n) is 5.88. The fourth-order valence-electron chi connectivity index (χ4n) is 1.85. The largest absolute Gasteiger partial charge is 0.256 e. The summed E-state index contributed by atoms with van der Waals surface area (Å²) >= 11 is 2.01. The van der Waals surface area contributed by atoms with E-state index in [2.05, 4.69) is 80.1 Å². The molecule has 0 bridgehead atoms. The van der Waals surface area contributed by atoms with Crippen molar-refractivity contribution >= 4 is 30.3 Å². The van der Waals surface area contributed by atoms with E-state index in [-0.39, 0.29) is 0 Å². The molecular formula is C17H21NSSi. The molecule has 0 aromatic heterocycles. The highest BCUT2D eigenvalue weighted by Gasteiger charge is 2.14. The fourth-order valence-corrected chi connectivity index (χ4v) is 5.36. The second-order valence-corrected chi connectivity index (χ2v) is 15.1. The lowest BCUT2D eigenvalue weighted by Crippen LogP contribution is -2.13. The van der Waals surface area contributed by atoms with E-state index in [0.717, 1.165) is 11.3 Å². The number of aryl methyl sites for hydroxylation is 1. The van der Waals surface area contributed by atoms with Crippen molar-refractivity contribution in [1.82, 2.24) is 0 Å². The zero-order valence-electron chi connectivity index (χ0n) is 12.6. The van der Waals surface area contributed by atoms with Gasteiger partial charge in [-0.2, -0.15) is 11.2 Å². The second kappa shape index (κ2) is 6.42. The standard InChI is InChI=1S/C17H21NSSi/c1-14-6-5-7-15(12-14)13-18-16-8-10-17(11-9-16)19-20(2,3)4/h5-13H,1-4H3/b18-13+. The van der Waals surface area contributed by atoms with Gasteiger partial charge in [0.1, 0.15) is 7.22 Å². The SMILES string of the molecule is Cc1cccc(/C=N/c2ccc(S[Si](C)(C)C)cc2)c1. The van der Waals surface area contributed by atoms with Crippen molar-refractivity contribution in [1.29, 1.82) is 0 Å². The molecule has 0 unspecified atom stereocenters. The Kier molecular flexibility index (Phi) is 4.84. The Morgan fingerprint density at radius 2 is 1.70 bits per heavy atom. The first-order chi connectivity index (χ1) is 9.42. The van der Waals surface area contributed by atoms with Crippen LogP contribution >= 0.6 is 11.2 Å². The predicted octanol–water partition coefficient (Wildman–Crippen LogP) is 5.67. The molecule has 0 radical (unpaired) electrons. The predicted molar refractivity (Wildman–Crippen MR) is 94.1 cm³/mol. The van der Waals surface area contributed by atoms with Gasteiger partial charge in [-0.25, -0.2) is 0 Å². The van der Waals surface area contributed by atoms with Crippen LogP contribution in [0.3, 0.4) is 0 Å². The monoisotopic (exact) mass is 299 g/mol. The molecule has 2 aromatic carbocycles. The Labute approximate surface area is 126 Å². The minimum absolute atomic E-state index is 1.01. The highest BCUT2D eigenvalue weighted by atomic mass is 32.4. The molecule has 0 heterocycles. The minimum Gasteiger partial charge on any atom is -0.256 e. The number of nitrogens with zero attached hydrogens (tertiary/aromatic N) is 1. The Bertz CT molecular complexity index is 597. The highest BCUT2D eigenvalue weighted by molar-refractivity contribution is 8.28. The normalized spacial score (nSPS) is 12.0. The first-order valence-corrected chi connectivity index (χ1v) is 11.9. The van der Waals surface area contributed by atoms with E-state index in [0.29, 0.717) is 0 Å². The van der Waals surface area contributed by atoms with Gasteiger partial charge < -0.3 is 0 Å². The molecule has 0 N–H and O–H groups in total. The van der Waals surface area contributed by atoms with Crippen molar-refractivity contribution in [3.63, 3.8) is 0 Å². The molecule has 2 rings (SSSR count). The van der Waals surface area contributed by atoms with Crippen molar-refractivity contribution in [3.8, 4) is 0 Å². The van der Waals surface area contributed by atoms with Crippen LogP contribution in [0, 0.1) is 6.92 Å². The van der Waals surface area contributed by atoms with Gasteiger partial charge in [0.2, 0.25) is 0 Å². The third-order valence-electron chi connectivity index (χ3n) is 2.67. The third kappa shape index (κ3) is 4.98. The molecule has 0 saturated heterocycles. The molecule has 104 valence electrons. The lowest BCUT2D eigenvalue weighted by atomic mass is 10.1. The lowest BCUT2D eigenvalue weighted by molar-refractivity contribution is 1.42. The van der Waals surface area contributed by atoms with Gasteiger partial charge in [0.15, 0.2) is 0 Å². The number of hydrogen-bond acceptors (Lipinski definition) is 2. The first kappa shape index (κ1) is 15.1. The maximum atomic E-state index is 4.53. The Morgan fingerprint density at radius 3 is 2.30 bits per heavy atom. The summed E-state index contributed by atoms with van der Waals surface area (Å²) in [7, 11) is -1.11. The zero-order chi connectivity index (χ0) is 14.6. The van der Waals surface area contributed by atoms with E-state index in [9.17, 15) is 0 Å². The van der Waals surface area contributed by atoms with Crippen LogP contribution in [0.15, 0.2) is 58.4 Å². The summed E-state index contributed by atoms with van der Waals surface area (Å²) in [4.78, 5) is 5.88. The number of benzene rings is 2. The lowest BCUT2D eigenvalue weighted by Gasteiger charge is -2.14. The van der Waals surface area contributed by atoms with Crippen molar-refractivity contribution in [2.24, 2.45) is 4.99 Å². The van der Waals surface area contributed by atoms with Gasteiger partial charge in [-0.1, -0.05) is 49.5 Å². The molecule has 0 fully saturated rings. The fraction of sp³-hybridized carbons (Fsp3) is 0.235. The number of hydrogen-bond donors (Lipinski definition) is 0. The zero-order valence-corrected chi connectivity index (χ0v) is 14.4. The molecule has 1 nitrogen and oxygen atoms in total. The van der Waals surface area contributed by atoms with Crippen molar-refractivity contribution in [2.45, 2.75) is 31.5 Å². The molecule has 0 aliphatic rings. The van der Waals surface area contributed by atoms with E-state index < -0.39 is 7.22 Å². The first-order valence-electron chi connectivity index (χ1n) is 6.82. The smallest absolute Gasteiger partial charge is 0.114 e. The molecule has 3 heteroatoms. The van der Waals surface area contributed by atoms with Gasteiger partial charge in [0, 0.05) is 11.1 Å². The van der Waals surface area contributed by atoms with Crippen LogP contribution < -0.4 is 0 Å². The maximum absolute atomic E-state index is 4.53. The summed E-state index contributed by atoms with van der Waals surface area (Å²) < 4.78 is 0. The van der Waals surface area contributed by atoms with Gasteiger partial charge in [0.25, 0.3) is 0 Å². The quantitative estimate of drug-likeness (QED) is 0.523. The van der Waals surface area contributed by atoms with Gasteiger partial charge in [-0.3, -0.25) is 4.99 Å². The summed E-state index contributed by atoms with van der Waals surface area (Å²) in [6.45, 7) is 9.18. The molecule has 20 heavy (non-hydrogen) atoms. The van der Waals surface area contributed by atoms with E-state index in [1.54, 1.807) is 0 Å². The van der Waals surface area contributed by atoms with E-state index >= 15 is 0 Å². The highest BCUT2D eigenvalue weighted by Crippen LogP contribution is 2.30. The summed E-state index contributed by atoms with van der Waals surface area (Å²) in [6, 6.07) is 16.9. The van der Waals surface area contributed by atoms with Crippen LogP contribution in [0.2, 0.25) is 19.6 Å². The molecular weight excluding hydrogens is 278 g/mol. The summed E-state index contributed by atoms with van der Waals surface area (Å²) in [5.41, 5.74) is 3.41. The van der Waals surface area contributed by atoms with Crippen LogP contribution in [0.5, 0.6) is 0 Å². The number of rotatable bonds is 4. The van der Waals surface area contributed by atoms with E-state index in [1.807, 2.05) is 17.4 Å². The Balaban J connectivity index is 2.07. The average molecular weight is 300 g/mol. The van der Waals surface area contributed by atoms with Gasteiger partial charge in [0.05, 0.1) is 5.69 Å². The Morgan fingerprint density at radius 1 is 1.00 bits per heavy atom. The van der Waals surface area contributed by atoms with Crippen LogP contribution in [-0.2, 0) is 0 Å². The van der Waals surface area contributed by atoms with Gasteiger partial charge in [-0.15, -0.1) is 0 Å². The maximum Gasteiger partial charge on any atom is 0.114 e. The van der Waals surface area contributed by atoms with Crippen molar-refractivity contribution in [3.05, 3.63) is 59.7 Å². The topological polar surface area (TPSA) is 12.4 Å². The van der Waals surface area contributed by atoms with Crippen molar-refractivity contribution in [2.75, 3.05) is 0 Å². The van der Waals surface area contributed by atoms with Gasteiger partial charge in [-0.05, 0) is 36.8 Å². The summed E-state index contributed by atoms with van der Waals surface area (Å²) in [6.07, 6.45) is 1.92. The van der Waals surface area contributed by atoms with Crippen molar-refractivity contribution < 1.29 is 0 Å². The van der Waals surface area contributed by atoms with Crippen LogP contribution in [0.25, 0.3) is 0 Å². The average Bonchev–Trinajstić information content (AvgIpc) is 2.36. The molecule has 0 aliphatic carbocycles. The summed E-state index contributed by atoms with van der Waals surface area (Å²) in [5.74, 6) is 0. The number of aliphatic imine (C=N–C) groups is 1. The van der Waals surface area contributed by atoms with Gasteiger partial charge >= 0.3 is 0 Å². The minimum atomic E-state index is -1.11. The molecule has 0 spiro atoms. The Hall–Kier alpha value is -1.32.